The van der Waals surface area contributed by atoms with Gasteiger partial charge in [0, 0.05) is 23.1 Å². The number of hydrogen-bond donors (Lipinski definition) is 1. The predicted octanol–water partition coefficient (Wildman–Crippen LogP) is 4.44. The zero-order chi connectivity index (χ0) is 18.4. The van der Waals surface area contributed by atoms with Gasteiger partial charge in [0.05, 0.1) is 7.11 Å². The number of para-hydroxylation sites is 1. The van der Waals surface area contributed by atoms with Crippen LogP contribution in [0.1, 0.15) is 16.1 Å². The van der Waals surface area contributed by atoms with Gasteiger partial charge in [-0.1, -0.05) is 53.3 Å². The van der Waals surface area contributed by atoms with E-state index in [2.05, 4.69) is 15.5 Å². The van der Waals surface area contributed by atoms with Gasteiger partial charge in [-0.05, 0) is 29.8 Å². The summed E-state index contributed by atoms with van der Waals surface area (Å²) in [5, 5.41) is 12.8. The van der Waals surface area contributed by atoms with E-state index in [0.29, 0.717) is 16.6 Å². The van der Waals surface area contributed by atoms with Gasteiger partial charge in [-0.3, -0.25) is 10.1 Å². The van der Waals surface area contributed by atoms with Crippen LogP contribution in [0.5, 0.6) is 5.75 Å². The number of methoxy groups -OCH3 is 1. The fraction of sp³-hybridized carbons (Fsp3) is 0.105. The maximum absolute atomic E-state index is 12.0. The molecule has 0 aliphatic rings. The molecule has 0 unspecified atom stereocenters. The predicted molar refractivity (Wildman–Crippen MR) is 105 cm³/mol. The number of nitrogens with one attached hydrogen (secondary N) is 1. The monoisotopic (exact) mass is 385 g/mol. The van der Waals surface area contributed by atoms with Crippen molar-refractivity contribution in [2.24, 2.45) is 0 Å². The van der Waals surface area contributed by atoms with Crippen LogP contribution in [0.25, 0.3) is 6.08 Å². The number of ether oxygens (including phenoxy) is 1. The Balaban J connectivity index is 1.61. The Kier molecular flexibility index (Phi) is 5.99. The molecule has 1 amide bonds. The summed E-state index contributed by atoms with van der Waals surface area (Å²) in [7, 11) is 1.64. The van der Waals surface area contributed by atoms with Gasteiger partial charge >= 0.3 is 0 Å². The van der Waals surface area contributed by atoms with Crippen molar-refractivity contribution in [1.29, 1.82) is 0 Å². The molecule has 0 saturated carbocycles. The number of amides is 1. The zero-order valence-corrected chi connectivity index (χ0v) is 15.6. The number of halogens is 1. The third kappa shape index (κ3) is 4.91. The molecule has 0 radical (unpaired) electrons. The number of anilines is 1. The lowest BCUT2D eigenvalue weighted by atomic mass is 10.1. The van der Waals surface area contributed by atoms with E-state index in [4.69, 9.17) is 16.3 Å². The van der Waals surface area contributed by atoms with Gasteiger partial charge in [-0.2, -0.15) is 0 Å². The van der Waals surface area contributed by atoms with Crippen molar-refractivity contribution in [3.8, 4) is 5.75 Å². The summed E-state index contributed by atoms with van der Waals surface area (Å²) in [6.07, 6.45) is 3.76. The lowest BCUT2D eigenvalue weighted by Crippen LogP contribution is -2.07. The minimum Gasteiger partial charge on any atom is -0.496 e. The van der Waals surface area contributed by atoms with Crippen LogP contribution >= 0.6 is 22.9 Å². The summed E-state index contributed by atoms with van der Waals surface area (Å²) in [6.45, 7) is 0. The van der Waals surface area contributed by atoms with E-state index in [1.54, 1.807) is 25.3 Å². The second-order valence-corrected chi connectivity index (χ2v) is 6.86. The highest BCUT2D eigenvalue weighted by atomic mass is 35.5. The molecule has 1 heterocycles. The number of carbonyl (C=O) groups is 1. The van der Waals surface area contributed by atoms with Crippen LogP contribution in [-0.4, -0.2) is 23.2 Å². The van der Waals surface area contributed by atoms with Gasteiger partial charge in [-0.15, -0.1) is 10.2 Å². The molecule has 1 aromatic heterocycles. The van der Waals surface area contributed by atoms with Crippen molar-refractivity contribution in [3.05, 3.63) is 75.8 Å². The molecule has 2 aromatic carbocycles. The number of aromatic nitrogens is 2. The summed E-state index contributed by atoms with van der Waals surface area (Å²) in [4.78, 5) is 12.0. The Labute approximate surface area is 160 Å². The smallest absolute Gasteiger partial charge is 0.250 e. The zero-order valence-electron chi connectivity index (χ0n) is 14.0. The van der Waals surface area contributed by atoms with Gasteiger partial charge in [0.15, 0.2) is 0 Å². The molecule has 0 saturated heterocycles. The first-order chi connectivity index (χ1) is 12.6. The highest BCUT2D eigenvalue weighted by Gasteiger charge is 2.09. The standard InChI is InChI=1S/C19H16ClN3O2S/c1-25-16-5-3-2-4-14(16)12-18-22-23-19(26-18)21-17(24)11-8-13-6-9-15(20)10-7-13/h2-11H,12H2,1H3,(H,21,23,24)/b11-8+. The van der Waals surface area contributed by atoms with Crippen LogP contribution < -0.4 is 10.1 Å². The van der Waals surface area contributed by atoms with E-state index in [1.165, 1.54) is 17.4 Å². The fourth-order valence-electron chi connectivity index (χ4n) is 2.28. The third-order valence-electron chi connectivity index (χ3n) is 3.53. The van der Waals surface area contributed by atoms with Crippen molar-refractivity contribution in [1.82, 2.24) is 10.2 Å². The minimum absolute atomic E-state index is 0.264. The maximum atomic E-state index is 12.0. The average molecular weight is 386 g/mol. The summed E-state index contributed by atoms with van der Waals surface area (Å²) in [6, 6.07) is 15.0. The number of carbonyl (C=O) groups excluding carboxylic acids is 1. The van der Waals surface area contributed by atoms with E-state index in [-0.39, 0.29) is 5.91 Å². The van der Waals surface area contributed by atoms with Gasteiger partial charge in [0.1, 0.15) is 10.8 Å². The van der Waals surface area contributed by atoms with E-state index < -0.39 is 0 Å². The molecule has 0 spiro atoms. The normalized spacial score (nSPS) is 10.8. The van der Waals surface area contributed by atoms with Gasteiger partial charge in [-0.25, -0.2) is 0 Å². The summed E-state index contributed by atoms with van der Waals surface area (Å²) in [5.74, 6) is 0.541. The van der Waals surface area contributed by atoms with E-state index in [0.717, 1.165) is 21.9 Å². The number of rotatable bonds is 6. The molecule has 3 aromatic rings. The van der Waals surface area contributed by atoms with Crippen molar-refractivity contribution in [3.63, 3.8) is 0 Å². The molecule has 26 heavy (non-hydrogen) atoms. The average Bonchev–Trinajstić information content (AvgIpc) is 3.08. The second kappa shape index (κ2) is 8.60. The van der Waals surface area contributed by atoms with Crippen LogP contribution in [0.15, 0.2) is 54.6 Å². The molecule has 1 N–H and O–H groups in total. The van der Waals surface area contributed by atoms with Crippen LogP contribution in [0.3, 0.4) is 0 Å². The molecule has 0 atom stereocenters. The summed E-state index contributed by atoms with van der Waals surface area (Å²) in [5.41, 5.74) is 1.91. The lowest BCUT2D eigenvalue weighted by Gasteiger charge is -2.05. The number of benzene rings is 2. The van der Waals surface area contributed by atoms with Crippen LogP contribution in [0, 0.1) is 0 Å². The summed E-state index contributed by atoms with van der Waals surface area (Å²) >= 11 is 7.17. The second-order valence-electron chi connectivity index (χ2n) is 5.36. The molecular formula is C19H16ClN3O2S. The number of hydrogen-bond acceptors (Lipinski definition) is 5. The highest BCUT2D eigenvalue weighted by Crippen LogP contribution is 2.24. The molecule has 5 nitrogen and oxygen atoms in total. The molecule has 3 rings (SSSR count). The fourth-order valence-corrected chi connectivity index (χ4v) is 3.17. The van der Waals surface area contributed by atoms with Crippen LogP contribution in [0.4, 0.5) is 5.13 Å². The van der Waals surface area contributed by atoms with Gasteiger partial charge in [0.25, 0.3) is 0 Å². The Bertz CT molecular complexity index is 923. The molecule has 0 aliphatic heterocycles. The van der Waals surface area contributed by atoms with Crippen LogP contribution in [-0.2, 0) is 11.2 Å². The lowest BCUT2D eigenvalue weighted by molar-refractivity contribution is -0.111. The molecule has 0 bridgehead atoms. The molecule has 0 aliphatic carbocycles. The van der Waals surface area contributed by atoms with Crippen molar-refractivity contribution < 1.29 is 9.53 Å². The summed E-state index contributed by atoms with van der Waals surface area (Å²) < 4.78 is 5.34. The third-order valence-corrected chi connectivity index (χ3v) is 4.62. The first-order valence-corrected chi connectivity index (χ1v) is 9.02. The van der Waals surface area contributed by atoms with Crippen molar-refractivity contribution >= 4 is 40.1 Å². The SMILES string of the molecule is COc1ccccc1Cc1nnc(NC(=O)/C=C/c2ccc(Cl)cc2)s1. The minimum atomic E-state index is -0.264. The first-order valence-electron chi connectivity index (χ1n) is 7.83. The Morgan fingerprint density at radius 1 is 1.19 bits per heavy atom. The van der Waals surface area contributed by atoms with E-state index in [1.807, 2.05) is 36.4 Å². The van der Waals surface area contributed by atoms with Crippen molar-refractivity contribution in [2.45, 2.75) is 6.42 Å². The van der Waals surface area contributed by atoms with Crippen LogP contribution in [0.2, 0.25) is 5.02 Å². The van der Waals surface area contributed by atoms with Gasteiger partial charge < -0.3 is 4.74 Å². The van der Waals surface area contributed by atoms with E-state index in [9.17, 15) is 4.79 Å². The van der Waals surface area contributed by atoms with Gasteiger partial charge in [0.2, 0.25) is 11.0 Å². The Hall–Kier alpha value is -2.70. The van der Waals surface area contributed by atoms with Crippen molar-refractivity contribution in [2.75, 3.05) is 12.4 Å². The molecule has 132 valence electrons. The number of nitrogens with zero attached hydrogens (tertiary/aromatic N) is 2. The quantitative estimate of drug-likeness (QED) is 0.637. The first kappa shape index (κ1) is 18.1. The Morgan fingerprint density at radius 2 is 1.96 bits per heavy atom. The Morgan fingerprint density at radius 3 is 2.73 bits per heavy atom. The van der Waals surface area contributed by atoms with E-state index >= 15 is 0 Å². The molecule has 0 fully saturated rings. The highest BCUT2D eigenvalue weighted by molar-refractivity contribution is 7.15. The maximum Gasteiger partial charge on any atom is 0.250 e. The topological polar surface area (TPSA) is 64.1 Å². The largest absolute Gasteiger partial charge is 0.496 e. The molecular weight excluding hydrogens is 370 g/mol. The molecule has 7 heteroatoms.